The van der Waals surface area contributed by atoms with Crippen molar-refractivity contribution in [2.45, 2.75) is 19.5 Å². The van der Waals surface area contributed by atoms with E-state index in [1.807, 2.05) is 0 Å². The van der Waals surface area contributed by atoms with Crippen molar-refractivity contribution in [3.8, 4) is 11.9 Å². The highest BCUT2D eigenvalue weighted by atomic mass is 19.4. The number of halogens is 4. The van der Waals surface area contributed by atoms with Gasteiger partial charge in [0.25, 0.3) is 0 Å². The highest BCUT2D eigenvalue weighted by molar-refractivity contribution is 5.29. The Bertz CT molecular complexity index is 501. The minimum absolute atomic E-state index is 0.0750. The van der Waals surface area contributed by atoms with Crippen molar-refractivity contribution >= 4 is 0 Å². The van der Waals surface area contributed by atoms with Crippen LogP contribution in [0.15, 0.2) is 10.9 Å². The summed E-state index contributed by atoms with van der Waals surface area (Å²) in [4.78, 5) is 13.3. The number of H-pyrrole nitrogens is 1. The van der Waals surface area contributed by atoms with Crippen molar-refractivity contribution in [1.29, 1.82) is 5.26 Å². The number of nitrogens with one attached hydrogen (secondary N) is 1. The third-order valence-corrected chi connectivity index (χ3v) is 1.77. The van der Waals surface area contributed by atoms with Crippen LogP contribution in [0.1, 0.15) is 11.3 Å². The molecule has 1 rings (SSSR count). The molecule has 0 aromatic carbocycles. The number of pyridine rings is 1. The molecule has 0 aliphatic rings. The lowest BCUT2D eigenvalue weighted by Crippen LogP contribution is -2.22. The van der Waals surface area contributed by atoms with Gasteiger partial charge in [-0.05, 0) is 0 Å². The fourth-order valence-corrected chi connectivity index (χ4v) is 1.12. The summed E-state index contributed by atoms with van der Waals surface area (Å²) in [5, 5.41) is 8.35. The third-order valence-electron chi connectivity index (χ3n) is 1.77. The second-order valence-corrected chi connectivity index (χ2v) is 2.98. The minimum Gasteiger partial charge on any atom is -0.389 e. The smallest absolute Gasteiger partial charge is 0.389 e. The SMILES string of the molecule is N#CCc1cc(=O)c(CF)c(OC(F)(F)F)[nH]1. The number of nitriles is 1. The molecule has 1 N–H and O–H groups in total. The van der Waals surface area contributed by atoms with Crippen LogP contribution in [0.5, 0.6) is 5.88 Å². The van der Waals surface area contributed by atoms with Gasteiger partial charge >= 0.3 is 6.36 Å². The monoisotopic (exact) mass is 250 g/mol. The molecule has 0 unspecified atom stereocenters. The van der Waals surface area contributed by atoms with Crippen molar-refractivity contribution in [2.24, 2.45) is 0 Å². The number of alkyl halides is 4. The van der Waals surface area contributed by atoms with E-state index in [0.717, 1.165) is 6.07 Å². The second kappa shape index (κ2) is 4.86. The average Bonchev–Trinajstić information content (AvgIpc) is 2.15. The zero-order valence-corrected chi connectivity index (χ0v) is 8.27. The maximum atomic E-state index is 12.4. The van der Waals surface area contributed by atoms with Gasteiger partial charge in [-0.25, -0.2) is 4.39 Å². The van der Waals surface area contributed by atoms with Crippen LogP contribution >= 0.6 is 0 Å². The second-order valence-electron chi connectivity index (χ2n) is 2.98. The van der Waals surface area contributed by atoms with Crippen LogP contribution in [0.2, 0.25) is 0 Å². The molecule has 0 saturated heterocycles. The molecule has 1 aromatic heterocycles. The topological polar surface area (TPSA) is 65.9 Å². The van der Waals surface area contributed by atoms with Gasteiger partial charge in [-0.15, -0.1) is 13.2 Å². The van der Waals surface area contributed by atoms with Crippen molar-refractivity contribution in [3.63, 3.8) is 0 Å². The maximum Gasteiger partial charge on any atom is 0.574 e. The summed E-state index contributed by atoms with van der Waals surface area (Å²) < 4.78 is 51.8. The van der Waals surface area contributed by atoms with E-state index in [9.17, 15) is 22.4 Å². The first-order valence-electron chi connectivity index (χ1n) is 4.31. The van der Waals surface area contributed by atoms with Crippen LogP contribution in [-0.4, -0.2) is 11.3 Å². The first kappa shape index (κ1) is 13.0. The number of hydrogen-bond donors (Lipinski definition) is 1. The molecule has 17 heavy (non-hydrogen) atoms. The Morgan fingerprint density at radius 3 is 2.59 bits per heavy atom. The van der Waals surface area contributed by atoms with Crippen LogP contribution in [0, 0.1) is 11.3 Å². The molecule has 0 radical (unpaired) electrons. The van der Waals surface area contributed by atoms with E-state index in [-0.39, 0.29) is 12.1 Å². The van der Waals surface area contributed by atoms with Gasteiger partial charge in [0.1, 0.15) is 6.67 Å². The lowest BCUT2D eigenvalue weighted by atomic mass is 10.2. The van der Waals surface area contributed by atoms with Gasteiger partial charge in [0, 0.05) is 11.8 Å². The number of rotatable bonds is 3. The zero-order valence-electron chi connectivity index (χ0n) is 8.27. The molecule has 4 nitrogen and oxygen atoms in total. The predicted molar refractivity (Wildman–Crippen MR) is 47.9 cm³/mol. The molecule has 0 atom stereocenters. The van der Waals surface area contributed by atoms with Crippen LogP contribution in [0.4, 0.5) is 17.6 Å². The quantitative estimate of drug-likeness (QED) is 0.832. The molecular weight excluding hydrogens is 244 g/mol. The summed E-state index contributed by atoms with van der Waals surface area (Å²) in [5.41, 5.74) is -1.78. The fourth-order valence-electron chi connectivity index (χ4n) is 1.12. The Morgan fingerprint density at radius 2 is 2.12 bits per heavy atom. The Hall–Kier alpha value is -2.04. The Morgan fingerprint density at radius 1 is 1.47 bits per heavy atom. The van der Waals surface area contributed by atoms with Gasteiger partial charge in [0.05, 0.1) is 18.1 Å². The van der Waals surface area contributed by atoms with Crippen molar-refractivity contribution in [2.75, 3.05) is 0 Å². The largest absolute Gasteiger partial charge is 0.574 e. The summed E-state index contributed by atoms with van der Waals surface area (Å²) >= 11 is 0. The molecule has 92 valence electrons. The molecule has 0 bridgehead atoms. The van der Waals surface area contributed by atoms with Crippen molar-refractivity contribution in [1.82, 2.24) is 4.98 Å². The maximum absolute atomic E-state index is 12.4. The normalized spacial score (nSPS) is 11.0. The predicted octanol–water partition coefficient (Wildman–Crippen LogP) is 1.81. The zero-order chi connectivity index (χ0) is 13.1. The fraction of sp³-hybridized carbons (Fsp3) is 0.333. The summed E-state index contributed by atoms with van der Waals surface area (Å²) in [7, 11) is 0. The van der Waals surface area contributed by atoms with Crippen molar-refractivity contribution in [3.05, 3.63) is 27.5 Å². The summed E-state index contributed by atoms with van der Waals surface area (Å²) in [6.07, 6.45) is -5.35. The lowest BCUT2D eigenvalue weighted by Gasteiger charge is -2.12. The summed E-state index contributed by atoms with van der Waals surface area (Å²) in [5.74, 6) is -1.02. The van der Waals surface area contributed by atoms with Crippen LogP contribution in [0.25, 0.3) is 0 Å². The number of aromatic nitrogens is 1. The molecule has 0 saturated carbocycles. The van der Waals surface area contributed by atoms with E-state index in [4.69, 9.17) is 5.26 Å². The van der Waals surface area contributed by atoms with Crippen LogP contribution < -0.4 is 10.2 Å². The minimum atomic E-state index is -5.04. The molecule has 1 heterocycles. The van der Waals surface area contributed by atoms with E-state index in [1.165, 1.54) is 0 Å². The summed E-state index contributed by atoms with van der Waals surface area (Å²) in [6, 6.07) is 2.50. The van der Waals surface area contributed by atoms with Gasteiger partial charge < -0.3 is 9.72 Å². The highest BCUT2D eigenvalue weighted by Gasteiger charge is 2.33. The van der Waals surface area contributed by atoms with E-state index >= 15 is 0 Å². The molecule has 1 aromatic rings. The lowest BCUT2D eigenvalue weighted by molar-refractivity contribution is -0.276. The van der Waals surface area contributed by atoms with Crippen LogP contribution in [-0.2, 0) is 13.1 Å². The first-order chi connectivity index (χ1) is 7.87. The van der Waals surface area contributed by atoms with Gasteiger partial charge in [0.15, 0.2) is 5.43 Å². The highest BCUT2D eigenvalue weighted by Crippen LogP contribution is 2.23. The standard InChI is InChI=1S/C9H6F4N2O2/c10-4-6-7(16)3-5(1-2-14)15-8(6)17-9(11,12)13/h3H,1,4H2,(H,15,16). The van der Waals surface area contributed by atoms with E-state index in [2.05, 4.69) is 9.72 Å². The molecule has 0 aliphatic heterocycles. The van der Waals surface area contributed by atoms with Crippen molar-refractivity contribution < 1.29 is 22.3 Å². The van der Waals surface area contributed by atoms with E-state index < -0.39 is 29.9 Å². The van der Waals surface area contributed by atoms with E-state index in [1.54, 1.807) is 6.07 Å². The molecular formula is C9H6F4N2O2. The molecule has 0 aliphatic carbocycles. The molecule has 0 amide bonds. The van der Waals surface area contributed by atoms with E-state index in [0.29, 0.717) is 0 Å². The Kier molecular flexibility index (Phi) is 3.73. The Balaban J connectivity index is 3.25. The number of aromatic amines is 1. The number of hydrogen-bond acceptors (Lipinski definition) is 3. The molecule has 0 fully saturated rings. The summed E-state index contributed by atoms with van der Waals surface area (Å²) in [6.45, 7) is -1.40. The Labute approximate surface area is 92.4 Å². The van der Waals surface area contributed by atoms with Crippen LogP contribution in [0.3, 0.4) is 0 Å². The van der Waals surface area contributed by atoms with Gasteiger partial charge in [-0.3, -0.25) is 4.79 Å². The van der Waals surface area contributed by atoms with Gasteiger partial charge in [0.2, 0.25) is 5.88 Å². The molecule has 0 spiro atoms. The number of nitrogens with zero attached hydrogens (tertiary/aromatic N) is 1. The third kappa shape index (κ3) is 3.48. The average molecular weight is 250 g/mol. The first-order valence-corrected chi connectivity index (χ1v) is 4.31. The van der Waals surface area contributed by atoms with Gasteiger partial charge in [-0.2, -0.15) is 5.26 Å². The molecule has 8 heteroatoms. The van der Waals surface area contributed by atoms with Gasteiger partial charge in [-0.1, -0.05) is 0 Å². The number of ether oxygens (including phenoxy) is 1.